The molecule has 0 aromatic heterocycles. The van der Waals surface area contributed by atoms with Crippen LogP contribution in [-0.2, 0) is 36.7 Å². The molecule has 128 valence electrons. The minimum atomic E-state index is -4.48. The third-order valence-electron chi connectivity index (χ3n) is 2.21. The zero-order chi connectivity index (χ0) is 17.0. The van der Waals surface area contributed by atoms with Gasteiger partial charge in [0.1, 0.15) is 15.9 Å². The Hall–Kier alpha value is -1.65. The Kier molecular flexibility index (Phi) is 7.68. The summed E-state index contributed by atoms with van der Waals surface area (Å²) in [5.74, 6) is -0.679. The van der Waals surface area contributed by atoms with Gasteiger partial charge in [-0.1, -0.05) is 24.3 Å². The van der Waals surface area contributed by atoms with E-state index in [0.29, 0.717) is 0 Å². The van der Waals surface area contributed by atoms with Gasteiger partial charge in [-0.3, -0.25) is 4.55 Å². The maximum atomic E-state index is 10.5. The number of phenolic OH excluding ortho intramolecular Hbond substituents is 1. The maximum absolute atomic E-state index is 10.5. The van der Waals surface area contributed by atoms with Crippen LogP contribution in [-0.4, -0.2) is 31.0 Å². The van der Waals surface area contributed by atoms with Crippen LogP contribution in [0.4, 0.5) is 0 Å². The Morgan fingerprint density at radius 3 is 1.74 bits per heavy atom. The molecule has 0 fully saturated rings. The summed E-state index contributed by atoms with van der Waals surface area (Å²) >= 11 is 0. The van der Waals surface area contributed by atoms with E-state index in [1.807, 2.05) is 0 Å². The van der Waals surface area contributed by atoms with Crippen LogP contribution in [0, 0.1) is 0 Å². The zero-order valence-corrected chi connectivity index (χ0v) is 13.7. The summed E-state index contributed by atoms with van der Waals surface area (Å²) in [7, 11) is -8.66. The maximum Gasteiger partial charge on any atom is 2.00 e. The van der Waals surface area contributed by atoms with Gasteiger partial charge in [-0.25, -0.2) is 8.42 Å². The van der Waals surface area contributed by atoms with E-state index < -0.39 is 30.9 Å². The van der Waals surface area contributed by atoms with Crippen molar-refractivity contribution in [2.75, 3.05) is 0 Å². The fraction of sp³-hybridized carbons (Fsp3) is 0. The molecule has 0 radical (unpaired) electrons. The molecular weight excluding hydrogens is 395 g/mol. The summed E-state index contributed by atoms with van der Waals surface area (Å²) in [4.78, 5) is -0.789. The largest absolute Gasteiger partial charge is 2.00 e. The fourth-order valence-electron chi connectivity index (χ4n) is 1.27. The quantitative estimate of drug-likeness (QED) is 0.534. The van der Waals surface area contributed by atoms with Crippen molar-refractivity contribution in [3.05, 3.63) is 48.5 Å². The molecule has 11 heteroatoms. The van der Waals surface area contributed by atoms with Crippen LogP contribution in [0.5, 0.6) is 11.5 Å². The molecule has 2 N–H and O–H groups in total. The molecule has 0 saturated carbocycles. The van der Waals surface area contributed by atoms with Crippen molar-refractivity contribution in [3.63, 3.8) is 0 Å². The summed E-state index contributed by atoms with van der Waals surface area (Å²) in [5, 5.41) is 19.3. The van der Waals surface area contributed by atoms with E-state index in [1.54, 1.807) is 0 Å². The minimum absolute atomic E-state index is 0. The van der Waals surface area contributed by atoms with Crippen LogP contribution < -0.4 is 5.11 Å². The van der Waals surface area contributed by atoms with Crippen LogP contribution in [0.25, 0.3) is 0 Å². The first kappa shape index (κ1) is 21.4. The van der Waals surface area contributed by atoms with Crippen LogP contribution in [0.2, 0.25) is 0 Å². The van der Waals surface area contributed by atoms with Crippen LogP contribution in [0.1, 0.15) is 0 Å². The summed E-state index contributed by atoms with van der Waals surface area (Å²) in [6.45, 7) is 0. The second kappa shape index (κ2) is 8.27. The summed E-state index contributed by atoms with van der Waals surface area (Å²) in [6.07, 6.45) is 0. The Balaban J connectivity index is 0.000000403. The molecule has 2 aromatic rings. The second-order valence-electron chi connectivity index (χ2n) is 3.90. The molecular formula is C12H10NiO8S2. The third-order valence-corrected chi connectivity index (χ3v) is 3.89. The van der Waals surface area contributed by atoms with Crippen LogP contribution in [0.3, 0.4) is 0 Å². The number of rotatable bonds is 2. The van der Waals surface area contributed by atoms with E-state index in [4.69, 9.17) is 9.66 Å². The van der Waals surface area contributed by atoms with E-state index in [9.17, 15) is 26.5 Å². The average Bonchev–Trinajstić information content (AvgIpc) is 2.37. The molecule has 0 aliphatic heterocycles. The molecule has 0 aliphatic carbocycles. The van der Waals surface area contributed by atoms with Crippen molar-refractivity contribution in [3.8, 4) is 11.5 Å². The van der Waals surface area contributed by atoms with Gasteiger partial charge < -0.3 is 14.8 Å². The predicted molar refractivity (Wildman–Crippen MR) is 71.8 cm³/mol. The van der Waals surface area contributed by atoms with Gasteiger partial charge in [0.05, 0.1) is 9.79 Å². The molecule has 0 heterocycles. The monoisotopic (exact) mass is 404 g/mol. The van der Waals surface area contributed by atoms with Gasteiger partial charge in [-0.15, -0.1) is 5.75 Å². The molecule has 0 unspecified atom stereocenters. The first-order valence-electron chi connectivity index (χ1n) is 5.49. The van der Waals surface area contributed by atoms with Crippen LogP contribution >= 0.6 is 0 Å². The number of aromatic hydroxyl groups is 1. The summed E-state index contributed by atoms with van der Waals surface area (Å²) in [5.41, 5.74) is 0. The SMILES string of the molecule is O=S(=O)(O)c1cccc(O)c1.O=S(=O)([O-])c1cccc([O-])c1.[Ni+2]. The van der Waals surface area contributed by atoms with Gasteiger partial charge in [0.15, 0.2) is 0 Å². The van der Waals surface area contributed by atoms with Gasteiger partial charge >= 0.3 is 16.5 Å². The average molecular weight is 405 g/mol. The Labute approximate surface area is 142 Å². The first-order valence-corrected chi connectivity index (χ1v) is 8.34. The van der Waals surface area contributed by atoms with E-state index in [2.05, 4.69) is 0 Å². The second-order valence-corrected chi connectivity index (χ2v) is 6.70. The van der Waals surface area contributed by atoms with E-state index in [0.717, 1.165) is 18.2 Å². The molecule has 2 aromatic carbocycles. The molecule has 8 nitrogen and oxygen atoms in total. The van der Waals surface area contributed by atoms with Crippen molar-refractivity contribution in [1.29, 1.82) is 0 Å². The van der Waals surface area contributed by atoms with Crippen molar-refractivity contribution in [1.82, 2.24) is 0 Å². The zero-order valence-electron chi connectivity index (χ0n) is 11.1. The topological polar surface area (TPSA) is 155 Å². The Morgan fingerprint density at radius 1 is 0.870 bits per heavy atom. The molecule has 0 amide bonds. The fourth-order valence-corrected chi connectivity index (χ4v) is 2.30. The van der Waals surface area contributed by atoms with Gasteiger partial charge in [-0.05, 0) is 18.2 Å². The molecule has 0 bridgehead atoms. The van der Waals surface area contributed by atoms with Crippen molar-refractivity contribution >= 4 is 20.2 Å². The normalized spacial score (nSPS) is 10.9. The van der Waals surface area contributed by atoms with E-state index in [-0.39, 0.29) is 27.1 Å². The summed E-state index contributed by atoms with van der Waals surface area (Å²) in [6, 6.07) is 9.09. The minimum Gasteiger partial charge on any atom is -0.872 e. The van der Waals surface area contributed by atoms with Gasteiger partial charge in [0.25, 0.3) is 10.1 Å². The first-order chi connectivity index (χ1) is 10.00. The predicted octanol–water partition coefficient (Wildman–Crippen LogP) is 0.301. The number of hydrogen-bond donors (Lipinski definition) is 2. The molecule has 23 heavy (non-hydrogen) atoms. The number of hydrogen-bond acceptors (Lipinski definition) is 7. The van der Waals surface area contributed by atoms with Crippen molar-refractivity contribution < 1.29 is 52.6 Å². The molecule has 2 rings (SSSR count). The smallest absolute Gasteiger partial charge is 0.872 e. The van der Waals surface area contributed by atoms with Gasteiger partial charge in [0.2, 0.25) is 0 Å². The van der Waals surface area contributed by atoms with Gasteiger partial charge in [0, 0.05) is 6.07 Å². The summed E-state index contributed by atoms with van der Waals surface area (Å²) < 4.78 is 60.2. The van der Waals surface area contributed by atoms with E-state index >= 15 is 0 Å². The molecule has 0 saturated heterocycles. The standard InChI is InChI=1S/2C6H6O4S.Ni/c2*7-5-2-1-3-6(4-5)11(8,9)10;/h2*1-4,7H,(H,8,9,10);/q;;+2/p-2. The third kappa shape index (κ3) is 7.44. The Bertz CT molecular complexity index is 789. The number of benzene rings is 2. The molecule has 0 atom stereocenters. The molecule has 0 spiro atoms. The van der Waals surface area contributed by atoms with Crippen molar-refractivity contribution in [2.45, 2.75) is 9.79 Å². The molecule has 0 aliphatic rings. The Morgan fingerprint density at radius 2 is 1.39 bits per heavy atom. The van der Waals surface area contributed by atoms with E-state index in [1.165, 1.54) is 30.3 Å². The van der Waals surface area contributed by atoms with Crippen LogP contribution in [0.15, 0.2) is 58.3 Å². The van der Waals surface area contributed by atoms with Gasteiger partial charge in [-0.2, -0.15) is 8.42 Å². The van der Waals surface area contributed by atoms with Crippen molar-refractivity contribution in [2.24, 2.45) is 0 Å². The number of phenols is 1.